The molecule has 1 heterocycles. The van der Waals surface area contributed by atoms with Crippen molar-refractivity contribution in [2.45, 2.75) is 6.54 Å². The Kier molecular flexibility index (Phi) is 3.26. The molecule has 0 atom stereocenters. The lowest BCUT2D eigenvalue weighted by Crippen LogP contribution is -2.04. The molecule has 2 N–H and O–H groups in total. The summed E-state index contributed by atoms with van der Waals surface area (Å²) in [6.45, 7) is 0.404. The summed E-state index contributed by atoms with van der Waals surface area (Å²) in [5, 5.41) is 3.54. The highest BCUT2D eigenvalue weighted by Crippen LogP contribution is 2.27. The zero-order valence-corrected chi connectivity index (χ0v) is 10.1. The number of rotatable bonds is 3. The lowest BCUT2D eigenvalue weighted by molar-refractivity contribution is 0.107. The second-order valence-electron chi connectivity index (χ2n) is 3.67. The predicted octanol–water partition coefficient (Wildman–Crippen LogP) is 1.92. The van der Waals surface area contributed by atoms with E-state index in [1.54, 1.807) is 13.2 Å². The molecular formula is C12H12ClN3O. The van der Waals surface area contributed by atoms with E-state index in [4.69, 9.17) is 17.3 Å². The van der Waals surface area contributed by atoms with Crippen LogP contribution in [0.4, 0.5) is 0 Å². The molecule has 0 aliphatic rings. The Morgan fingerprint density at radius 2 is 2.12 bits per heavy atom. The van der Waals surface area contributed by atoms with Gasteiger partial charge in [-0.15, -0.1) is 0 Å². The van der Waals surface area contributed by atoms with E-state index in [-0.39, 0.29) is 0 Å². The van der Waals surface area contributed by atoms with Crippen molar-refractivity contribution in [3.8, 4) is 11.1 Å². The quantitative estimate of drug-likeness (QED) is 0.846. The first-order valence-electron chi connectivity index (χ1n) is 5.15. The maximum atomic E-state index is 11.4. The van der Waals surface area contributed by atoms with Crippen LogP contribution in [0.2, 0.25) is 0 Å². The zero-order chi connectivity index (χ0) is 12.4. The normalized spacial score (nSPS) is 10.5. The number of nitrogens with zero attached hydrogens (tertiary/aromatic N) is 2. The van der Waals surface area contributed by atoms with Crippen LogP contribution in [-0.4, -0.2) is 15.0 Å². The number of halogens is 1. The summed E-state index contributed by atoms with van der Waals surface area (Å²) in [6.07, 6.45) is 1.63. The van der Waals surface area contributed by atoms with E-state index in [1.807, 2.05) is 24.3 Å². The van der Waals surface area contributed by atoms with Gasteiger partial charge in [-0.05, 0) is 22.7 Å². The molecule has 0 amide bonds. The monoisotopic (exact) mass is 249 g/mol. The van der Waals surface area contributed by atoms with Gasteiger partial charge < -0.3 is 5.73 Å². The fourth-order valence-electron chi connectivity index (χ4n) is 1.83. The third-order valence-electron chi connectivity index (χ3n) is 2.65. The molecule has 2 rings (SSSR count). The van der Waals surface area contributed by atoms with Gasteiger partial charge in [-0.25, -0.2) is 0 Å². The zero-order valence-electron chi connectivity index (χ0n) is 9.35. The second kappa shape index (κ2) is 4.69. The molecule has 17 heavy (non-hydrogen) atoms. The van der Waals surface area contributed by atoms with Crippen LogP contribution in [0, 0.1) is 0 Å². The molecule has 1 aromatic carbocycles. The Balaban J connectivity index is 2.65. The minimum absolute atomic E-state index is 0.382. The molecule has 88 valence electrons. The molecule has 0 aliphatic carbocycles. The van der Waals surface area contributed by atoms with Crippen LogP contribution in [0.25, 0.3) is 11.1 Å². The molecule has 0 unspecified atom stereocenters. The molecule has 4 nitrogen and oxygen atoms in total. The topological polar surface area (TPSA) is 60.9 Å². The van der Waals surface area contributed by atoms with Gasteiger partial charge in [0, 0.05) is 19.2 Å². The Hall–Kier alpha value is -1.65. The highest BCUT2D eigenvalue weighted by molar-refractivity contribution is 6.68. The fourth-order valence-corrected chi connectivity index (χ4v) is 2.05. The highest BCUT2D eigenvalue weighted by Gasteiger charge is 2.17. The predicted molar refractivity (Wildman–Crippen MR) is 66.7 cm³/mol. The van der Waals surface area contributed by atoms with Gasteiger partial charge in [-0.1, -0.05) is 24.3 Å². The van der Waals surface area contributed by atoms with Crippen molar-refractivity contribution < 1.29 is 4.79 Å². The molecule has 5 heteroatoms. The smallest absolute Gasteiger partial charge is 0.271 e. The number of aryl methyl sites for hydroxylation is 1. The lowest BCUT2D eigenvalue weighted by Gasteiger charge is -2.07. The van der Waals surface area contributed by atoms with Gasteiger partial charge in [-0.3, -0.25) is 9.48 Å². The maximum Gasteiger partial charge on any atom is 0.271 e. The van der Waals surface area contributed by atoms with Gasteiger partial charge in [0.1, 0.15) is 5.69 Å². The Labute approximate surface area is 104 Å². The summed E-state index contributed by atoms with van der Waals surface area (Å²) in [7, 11) is 1.68. The molecule has 0 radical (unpaired) electrons. The van der Waals surface area contributed by atoms with Crippen LogP contribution in [0.15, 0.2) is 30.5 Å². The number of carbonyl (C=O) groups excluding carboxylic acids is 1. The molecule has 0 spiro atoms. The third kappa shape index (κ3) is 2.09. The molecule has 2 aromatic rings. The van der Waals surface area contributed by atoms with Crippen LogP contribution in [-0.2, 0) is 13.6 Å². The van der Waals surface area contributed by atoms with Crippen molar-refractivity contribution in [1.29, 1.82) is 0 Å². The molecule has 0 fully saturated rings. The average Bonchev–Trinajstić information content (AvgIpc) is 2.71. The molecule has 0 aliphatic heterocycles. The van der Waals surface area contributed by atoms with Gasteiger partial charge in [0.25, 0.3) is 5.24 Å². The van der Waals surface area contributed by atoms with Crippen LogP contribution in [0.1, 0.15) is 16.1 Å². The van der Waals surface area contributed by atoms with Crippen LogP contribution < -0.4 is 5.73 Å². The van der Waals surface area contributed by atoms with Crippen molar-refractivity contribution >= 4 is 16.8 Å². The number of nitrogens with two attached hydrogens (primary N) is 1. The summed E-state index contributed by atoms with van der Waals surface area (Å²) in [5.41, 5.74) is 8.63. The van der Waals surface area contributed by atoms with Crippen LogP contribution >= 0.6 is 11.6 Å². The van der Waals surface area contributed by atoms with Crippen molar-refractivity contribution in [2.75, 3.05) is 0 Å². The third-order valence-corrected chi connectivity index (χ3v) is 2.83. The number of hydrogen-bond acceptors (Lipinski definition) is 3. The Morgan fingerprint density at radius 3 is 2.76 bits per heavy atom. The van der Waals surface area contributed by atoms with Crippen molar-refractivity contribution in [1.82, 2.24) is 9.78 Å². The van der Waals surface area contributed by atoms with E-state index in [9.17, 15) is 4.79 Å². The summed E-state index contributed by atoms with van der Waals surface area (Å²) in [4.78, 5) is 11.4. The number of benzene rings is 1. The molecule has 1 aromatic heterocycles. The largest absolute Gasteiger partial charge is 0.326 e. The van der Waals surface area contributed by atoms with Gasteiger partial charge in [0.2, 0.25) is 0 Å². The van der Waals surface area contributed by atoms with Crippen molar-refractivity contribution in [3.63, 3.8) is 0 Å². The van der Waals surface area contributed by atoms with Crippen molar-refractivity contribution in [3.05, 3.63) is 41.7 Å². The van der Waals surface area contributed by atoms with E-state index in [0.29, 0.717) is 17.8 Å². The highest BCUT2D eigenvalue weighted by atomic mass is 35.5. The van der Waals surface area contributed by atoms with Crippen molar-refractivity contribution in [2.24, 2.45) is 12.8 Å². The van der Waals surface area contributed by atoms with Gasteiger partial charge >= 0.3 is 0 Å². The first kappa shape index (κ1) is 11.8. The number of aromatic nitrogens is 2. The van der Waals surface area contributed by atoms with E-state index in [1.165, 1.54) is 4.68 Å². The second-order valence-corrected chi connectivity index (χ2v) is 4.01. The standard InChI is InChI=1S/C12H12ClN3O/c1-16-11(12(13)17)10(7-15-16)9-5-3-2-4-8(9)6-14/h2-5,7H,6,14H2,1H3. The minimum Gasteiger partial charge on any atom is -0.326 e. The minimum atomic E-state index is -0.521. The first-order chi connectivity index (χ1) is 8.15. The number of hydrogen-bond donors (Lipinski definition) is 1. The maximum absolute atomic E-state index is 11.4. The molecule has 0 bridgehead atoms. The van der Waals surface area contributed by atoms with Gasteiger partial charge in [0.15, 0.2) is 0 Å². The average molecular weight is 250 g/mol. The van der Waals surface area contributed by atoms with Crippen LogP contribution in [0.5, 0.6) is 0 Å². The SMILES string of the molecule is Cn1ncc(-c2ccccc2CN)c1C(=O)Cl. The fraction of sp³-hybridized carbons (Fsp3) is 0.167. The van der Waals surface area contributed by atoms with E-state index in [2.05, 4.69) is 5.10 Å². The van der Waals surface area contributed by atoms with E-state index >= 15 is 0 Å². The lowest BCUT2D eigenvalue weighted by atomic mass is 10.0. The van der Waals surface area contributed by atoms with E-state index < -0.39 is 5.24 Å². The van der Waals surface area contributed by atoms with Crippen LogP contribution in [0.3, 0.4) is 0 Å². The summed E-state index contributed by atoms with van der Waals surface area (Å²) in [6, 6.07) is 7.63. The molecule has 0 saturated carbocycles. The van der Waals surface area contributed by atoms with Gasteiger partial charge in [0.05, 0.1) is 6.20 Å². The Bertz CT molecular complexity index is 563. The van der Waals surface area contributed by atoms with Gasteiger partial charge in [-0.2, -0.15) is 5.10 Å². The van der Waals surface area contributed by atoms with E-state index in [0.717, 1.165) is 11.1 Å². The first-order valence-corrected chi connectivity index (χ1v) is 5.53. The molecular weight excluding hydrogens is 238 g/mol. The summed E-state index contributed by atoms with van der Waals surface area (Å²) < 4.78 is 1.47. The number of carbonyl (C=O) groups is 1. The molecule has 0 saturated heterocycles. The summed E-state index contributed by atoms with van der Waals surface area (Å²) in [5.74, 6) is 0. The Morgan fingerprint density at radius 1 is 1.41 bits per heavy atom. The summed E-state index contributed by atoms with van der Waals surface area (Å²) >= 11 is 5.57.